The first-order valence-electron chi connectivity index (χ1n) is 14.8. The molecule has 1 heterocycles. The van der Waals surface area contributed by atoms with E-state index in [1.807, 2.05) is 13.8 Å². The molecule has 3 rings (SSSR count). The molecule has 0 radical (unpaired) electrons. The van der Waals surface area contributed by atoms with Crippen LogP contribution in [0.1, 0.15) is 73.8 Å². The van der Waals surface area contributed by atoms with Gasteiger partial charge < -0.3 is 28.7 Å². The Labute approximate surface area is 255 Å². The average Bonchev–Trinajstić information content (AvgIpc) is 3.05. The van der Waals surface area contributed by atoms with Crippen LogP contribution in [0.3, 0.4) is 0 Å². The van der Waals surface area contributed by atoms with Gasteiger partial charge in [-0.3, -0.25) is 9.59 Å². The third kappa shape index (κ3) is 6.87. The van der Waals surface area contributed by atoms with Crippen LogP contribution in [0.25, 0.3) is 22.2 Å². The number of nitrogens with one attached hydrogen (secondary N) is 1. The fourth-order valence-electron chi connectivity index (χ4n) is 4.89. The minimum Gasteiger partial charge on any atom is -0.465 e. The maximum atomic E-state index is 14.6. The van der Waals surface area contributed by atoms with E-state index in [2.05, 4.69) is 5.32 Å². The van der Waals surface area contributed by atoms with Crippen molar-refractivity contribution in [2.75, 3.05) is 26.4 Å². The van der Waals surface area contributed by atoms with Crippen LogP contribution in [0.5, 0.6) is 0 Å². The van der Waals surface area contributed by atoms with Crippen LogP contribution in [0.4, 0.5) is 0 Å². The Morgan fingerprint density at radius 3 is 1.91 bits per heavy atom. The van der Waals surface area contributed by atoms with E-state index in [9.17, 15) is 24.0 Å². The van der Waals surface area contributed by atoms with Crippen molar-refractivity contribution in [1.29, 1.82) is 0 Å². The molecule has 11 heteroatoms. The van der Waals surface area contributed by atoms with E-state index in [0.29, 0.717) is 0 Å². The lowest BCUT2D eigenvalue weighted by Crippen LogP contribution is -2.49. The molecule has 0 fully saturated rings. The zero-order valence-electron chi connectivity index (χ0n) is 26.8. The van der Waals surface area contributed by atoms with Gasteiger partial charge in [-0.25, -0.2) is 14.4 Å². The molecule has 0 amide bonds. The molecule has 0 aliphatic heterocycles. The number of fused-ring (bicyclic) bond motifs is 2. The van der Waals surface area contributed by atoms with Gasteiger partial charge in [0, 0.05) is 5.54 Å². The number of hydrogen-bond acceptors (Lipinski definition) is 11. The molecule has 11 nitrogen and oxygen atoms in total. The van der Waals surface area contributed by atoms with Crippen molar-refractivity contribution < 1.29 is 42.5 Å². The average molecular weight is 612 g/mol. The summed E-state index contributed by atoms with van der Waals surface area (Å²) >= 11 is 0. The number of carbonyl (C=O) groups is 4. The number of esters is 4. The van der Waals surface area contributed by atoms with Crippen LogP contribution in [0.2, 0.25) is 0 Å². The van der Waals surface area contributed by atoms with Crippen molar-refractivity contribution in [3.63, 3.8) is 0 Å². The van der Waals surface area contributed by atoms with Crippen molar-refractivity contribution in [3.05, 3.63) is 55.8 Å². The molecule has 1 aromatic heterocycles. The quantitative estimate of drug-likeness (QED) is 0.312. The standard InChI is InChI=1S/C33H41NO10/c1-10-40-29(36)21-22(30(37)41-11-2)24(32(39)43-13-4)28-25(26(34-33(7,8)9)23(21)31(38)42-12-3)27(35)19-16-18(17(5)6)14-15-20(19)44-28/h14-17,22,34H,10-13H2,1-9H3. The van der Waals surface area contributed by atoms with Crippen LogP contribution in [-0.4, -0.2) is 55.8 Å². The highest BCUT2D eigenvalue weighted by molar-refractivity contribution is 6.22. The largest absolute Gasteiger partial charge is 0.465 e. The number of rotatable bonds is 10. The van der Waals surface area contributed by atoms with E-state index in [-0.39, 0.29) is 59.6 Å². The van der Waals surface area contributed by atoms with Crippen molar-refractivity contribution >= 4 is 46.1 Å². The number of carbonyl (C=O) groups excluding carboxylic acids is 4. The van der Waals surface area contributed by atoms with Gasteiger partial charge in [-0.1, -0.05) is 19.9 Å². The van der Waals surface area contributed by atoms with Gasteiger partial charge in [0.25, 0.3) is 0 Å². The van der Waals surface area contributed by atoms with Gasteiger partial charge in [0.05, 0.1) is 59.4 Å². The highest BCUT2D eigenvalue weighted by atomic mass is 16.5. The van der Waals surface area contributed by atoms with Gasteiger partial charge in [0.15, 0.2) is 5.42 Å². The van der Waals surface area contributed by atoms with Crippen molar-refractivity contribution in [2.45, 2.75) is 73.8 Å². The van der Waals surface area contributed by atoms with E-state index in [4.69, 9.17) is 23.4 Å². The van der Waals surface area contributed by atoms with Crippen LogP contribution in [0.15, 0.2) is 38.6 Å². The molecule has 0 bridgehead atoms. The number of ether oxygens (including phenoxy) is 4. The Balaban J connectivity index is 2.87. The molecule has 1 unspecified atom stereocenters. The van der Waals surface area contributed by atoms with Gasteiger partial charge in [0.1, 0.15) is 11.5 Å². The second-order valence-electron chi connectivity index (χ2n) is 11.3. The summed E-state index contributed by atoms with van der Waals surface area (Å²) in [6.45, 7) is 15.0. The monoisotopic (exact) mass is 611 g/mol. The predicted molar refractivity (Wildman–Crippen MR) is 163 cm³/mol. The van der Waals surface area contributed by atoms with E-state index >= 15 is 0 Å². The molecule has 238 valence electrons. The Morgan fingerprint density at radius 1 is 0.841 bits per heavy atom. The molecule has 44 heavy (non-hydrogen) atoms. The van der Waals surface area contributed by atoms with E-state index in [0.717, 1.165) is 5.56 Å². The molecular weight excluding hydrogens is 570 g/mol. The first-order valence-corrected chi connectivity index (χ1v) is 14.8. The minimum absolute atomic E-state index is 0.0639. The second kappa shape index (κ2) is 13.9. The lowest BCUT2D eigenvalue weighted by atomic mass is 9.87. The van der Waals surface area contributed by atoms with Crippen molar-refractivity contribution in [2.24, 2.45) is 5.92 Å². The Bertz CT molecular complexity index is 1690. The normalized spacial score (nSPS) is 15.1. The van der Waals surface area contributed by atoms with Gasteiger partial charge in [-0.2, -0.15) is 0 Å². The maximum absolute atomic E-state index is 14.6. The maximum Gasteiger partial charge on any atom is 0.340 e. The lowest BCUT2D eigenvalue weighted by Gasteiger charge is -2.27. The highest BCUT2D eigenvalue weighted by Gasteiger charge is 2.45. The van der Waals surface area contributed by atoms with Gasteiger partial charge >= 0.3 is 23.9 Å². The molecule has 0 spiro atoms. The summed E-state index contributed by atoms with van der Waals surface area (Å²) in [5, 5.41) is 3.09. The topological polar surface area (TPSA) is 147 Å². The molecule has 1 aliphatic carbocycles. The summed E-state index contributed by atoms with van der Waals surface area (Å²) in [5.74, 6) is -6.02. The van der Waals surface area contributed by atoms with E-state index < -0.39 is 57.5 Å². The smallest absolute Gasteiger partial charge is 0.340 e. The molecule has 2 aromatic rings. The molecule has 1 aromatic carbocycles. The van der Waals surface area contributed by atoms with Gasteiger partial charge in [0.2, 0.25) is 5.43 Å². The summed E-state index contributed by atoms with van der Waals surface area (Å²) in [4.78, 5) is 69.8. The third-order valence-corrected chi connectivity index (χ3v) is 6.66. The molecule has 0 saturated carbocycles. The first kappa shape index (κ1) is 34.1. The summed E-state index contributed by atoms with van der Waals surface area (Å²) in [6, 6.07) is 5.07. The minimum atomic E-state index is -1.87. The Kier molecular flexibility index (Phi) is 10.8. The van der Waals surface area contributed by atoms with Crippen LogP contribution < -0.4 is 21.4 Å². The van der Waals surface area contributed by atoms with E-state index in [1.165, 1.54) is 0 Å². The molecular formula is C33H41NO10. The van der Waals surface area contributed by atoms with E-state index in [1.54, 1.807) is 66.7 Å². The van der Waals surface area contributed by atoms with Crippen LogP contribution in [0, 0.1) is 5.92 Å². The van der Waals surface area contributed by atoms with Crippen molar-refractivity contribution in [3.8, 4) is 0 Å². The molecule has 1 aliphatic rings. The molecule has 1 atom stereocenters. The summed E-state index contributed by atoms with van der Waals surface area (Å²) < 4.78 is 27.7. The predicted octanol–water partition coefficient (Wildman–Crippen LogP) is 2.74. The summed E-state index contributed by atoms with van der Waals surface area (Å²) in [5.41, 5.74) is -2.45. The SMILES string of the molecule is CCOC(=O)C1=C(C(=O)OCC)C(C(=O)OCC)C(C(=O)OCC)=c2oc3ccc(C(C)C)cc3c(=O)c2=C1NC(C)(C)C. The Morgan fingerprint density at radius 2 is 1.39 bits per heavy atom. The second-order valence-corrected chi connectivity index (χ2v) is 11.3. The van der Waals surface area contributed by atoms with Gasteiger partial charge in [-0.05, 0) is 72.1 Å². The van der Waals surface area contributed by atoms with Gasteiger partial charge in [-0.15, -0.1) is 0 Å². The zero-order valence-corrected chi connectivity index (χ0v) is 26.8. The fourth-order valence-corrected chi connectivity index (χ4v) is 4.89. The summed E-state index contributed by atoms with van der Waals surface area (Å²) in [6.07, 6.45) is 0. The van der Waals surface area contributed by atoms with Crippen molar-refractivity contribution in [1.82, 2.24) is 5.32 Å². The fraction of sp³-hybridized carbons (Fsp3) is 0.485. The number of hydrogen-bond donors (Lipinski definition) is 1. The summed E-state index contributed by atoms with van der Waals surface area (Å²) in [7, 11) is 0. The molecule has 1 N–H and O–H groups in total. The number of benzene rings is 1. The third-order valence-electron chi connectivity index (χ3n) is 6.66. The first-order chi connectivity index (χ1) is 20.7. The van der Waals surface area contributed by atoms with Crippen LogP contribution >= 0.6 is 0 Å². The lowest BCUT2D eigenvalue weighted by molar-refractivity contribution is -0.150. The van der Waals surface area contributed by atoms with Crippen LogP contribution in [-0.2, 0) is 38.1 Å². The zero-order chi connectivity index (χ0) is 32.9. The molecule has 0 saturated heterocycles. The Hall–Kier alpha value is -4.41. The highest BCUT2D eigenvalue weighted by Crippen LogP contribution is 2.33.